The van der Waals surface area contributed by atoms with Crippen LogP contribution in [0.1, 0.15) is 18.1 Å². The van der Waals surface area contributed by atoms with Crippen molar-refractivity contribution >= 4 is 52.4 Å². The summed E-state index contributed by atoms with van der Waals surface area (Å²) in [5, 5.41) is 10.9. The number of para-hydroxylation sites is 1. The van der Waals surface area contributed by atoms with Crippen LogP contribution in [0.2, 0.25) is 0 Å². The Labute approximate surface area is 153 Å². The fourth-order valence-electron chi connectivity index (χ4n) is 1.95. The van der Waals surface area contributed by atoms with Crippen LogP contribution in [-0.4, -0.2) is 33.5 Å². The van der Waals surface area contributed by atoms with Crippen molar-refractivity contribution in [1.29, 1.82) is 0 Å². The van der Waals surface area contributed by atoms with E-state index in [1.165, 1.54) is 34.9 Å². The summed E-state index contributed by atoms with van der Waals surface area (Å²) in [6, 6.07) is 5.99. The van der Waals surface area contributed by atoms with Crippen LogP contribution < -0.4 is 11.1 Å². The molecule has 0 fully saturated rings. The highest BCUT2D eigenvalue weighted by Crippen LogP contribution is 2.29. The van der Waals surface area contributed by atoms with Crippen molar-refractivity contribution in [3.05, 3.63) is 29.3 Å². The van der Waals surface area contributed by atoms with E-state index in [4.69, 9.17) is 5.73 Å². The summed E-state index contributed by atoms with van der Waals surface area (Å²) in [5.74, 6) is -0.0429. The van der Waals surface area contributed by atoms with E-state index < -0.39 is 5.91 Å². The van der Waals surface area contributed by atoms with Crippen LogP contribution in [0.25, 0.3) is 0 Å². The Bertz CT molecular complexity index is 733. The summed E-state index contributed by atoms with van der Waals surface area (Å²) in [5.41, 5.74) is 8.15. The minimum Gasteiger partial charge on any atom is -0.369 e. The van der Waals surface area contributed by atoms with Gasteiger partial charge in [0.15, 0.2) is 8.68 Å². The Hall–Kier alpha value is -1.58. The summed E-state index contributed by atoms with van der Waals surface area (Å²) in [6.45, 7) is 4.04. The number of aromatic nitrogens is 2. The third-order valence-electron chi connectivity index (χ3n) is 3.06. The molecule has 1 heterocycles. The molecule has 2 amide bonds. The molecular formula is C15H18N4O2S3. The molecule has 2 aromatic rings. The van der Waals surface area contributed by atoms with Crippen molar-refractivity contribution in [3.8, 4) is 0 Å². The molecule has 128 valence electrons. The number of hydrogen-bond donors (Lipinski definition) is 2. The van der Waals surface area contributed by atoms with Gasteiger partial charge in [-0.3, -0.25) is 9.59 Å². The van der Waals surface area contributed by atoms with Gasteiger partial charge < -0.3 is 11.1 Å². The average Bonchev–Trinajstić information content (AvgIpc) is 3.01. The molecule has 0 saturated heterocycles. The first-order chi connectivity index (χ1) is 11.5. The van der Waals surface area contributed by atoms with Gasteiger partial charge in [-0.1, -0.05) is 60.0 Å². The summed E-state index contributed by atoms with van der Waals surface area (Å²) < 4.78 is 1.36. The van der Waals surface area contributed by atoms with Crippen LogP contribution in [-0.2, 0) is 16.0 Å². The highest BCUT2D eigenvalue weighted by Gasteiger charge is 2.12. The molecule has 0 aliphatic carbocycles. The topological polar surface area (TPSA) is 98.0 Å². The van der Waals surface area contributed by atoms with Gasteiger partial charge in [0.05, 0.1) is 11.5 Å². The van der Waals surface area contributed by atoms with Gasteiger partial charge >= 0.3 is 0 Å². The number of amides is 2. The fourth-order valence-corrected chi connectivity index (χ4v) is 4.51. The maximum Gasteiger partial charge on any atom is 0.234 e. The lowest BCUT2D eigenvalue weighted by Crippen LogP contribution is -2.16. The van der Waals surface area contributed by atoms with Crippen molar-refractivity contribution < 1.29 is 9.59 Å². The van der Waals surface area contributed by atoms with E-state index in [0.717, 1.165) is 23.2 Å². The zero-order chi connectivity index (χ0) is 17.5. The molecule has 0 aliphatic heterocycles. The van der Waals surface area contributed by atoms with Crippen LogP contribution in [0.3, 0.4) is 0 Å². The summed E-state index contributed by atoms with van der Waals surface area (Å²) in [7, 11) is 0. The van der Waals surface area contributed by atoms with Crippen LogP contribution in [0.5, 0.6) is 0 Å². The van der Waals surface area contributed by atoms with Crippen molar-refractivity contribution in [2.75, 3.05) is 16.8 Å². The Morgan fingerprint density at radius 2 is 1.88 bits per heavy atom. The van der Waals surface area contributed by atoms with Gasteiger partial charge in [0.1, 0.15) is 0 Å². The first-order valence-corrected chi connectivity index (χ1v) is 10.0. The number of aryl methyl sites for hydroxylation is 2. The molecule has 0 atom stereocenters. The molecule has 0 radical (unpaired) electrons. The Morgan fingerprint density at radius 3 is 2.50 bits per heavy atom. The number of nitrogens with two attached hydrogens (primary N) is 1. The SMILES string of the molecule is CCc1cccc(C)c1NC(=O)CSc1nnc(SCC(N)=O)s1. The normalized spacial score (nSPS) is 10.6. The summed E-state index contributed by atoms with van der Waals surface area (Å²) in [6.07, 6.45) is 0.862. The molecule has 1 aromatic heterocycles. The van der Waals surface area contributed by atoms with Crippen LogP contribution in [0, 0.1) is 6.92 Å². The maximum absolute atomic E-state index is 12.2. The molecule has 1 aromatic carbocycles. The van der Waals surface area contributed by atoms with Gasteiger partial charge in [0, 0.05) is 5.69 Å². The largest absolute Gasteiger partial charge is 0.369 e. The zero-order valence-electron chi connectivity index (χ0n) is 13.4. The minimum absolute atomic E-state index is 0.0782. The van der Waals surface area contributed by atoms with Gasteiger partial charge in [0.2, 0.25) is 11.8 Å². The van der Waals surface area contributed by atoms with Crippen molar-refractivity contribution in [2.45, 2.75) is 28.9 Å². The Kier molecular flexibility index (Phi) is 7.07. The average molecular weight is 383 g/mol. The van der Waals surface area contributed by atoms with Gasteiger partial charge in [0.25, 0.3) is 0 Å². The number of nitrogens with zero attached hydrogens (tertiary/aromatic N) is 2. The van der Waals surface area contributed by atoms with Gasteiger partial charge in [-0.15, -0.1) is 10.2 Å². The molecule has 9 heteroatoms. The standard InChI is InChI=1S/C15H18N4O2S3/c1-3-10-6-4-5-9(2)13(10)17-12(21)8-23-15-19-18-14(24-15)22-7-11(16)20/h4-6H,3,7-8H2,1-2H3,(H2,16,20)(H,17,21). The van der Waals surface area contributed by atoms with E-state index in [2.05, 4.69) is 22.4 Å². The molecule has 24 heavy (non-hydrogen) atoms. The Balaban J connectivity index is 1.89. The van der Waals surface area contributed by atoms with E-state index in [0.29, 0.717) is 8.68 Å². The van der Waals surface area contributed by atoms with E-state index >= 15 is 0 Å². The summed E-state index contributed by atoms with van der Waals surface area (Å²) in [4.78, 5) is 22.9. The number of thioether (sulfide) groups is 2. The van der Waals surface area contributed by atoms with Crippen molar-refractivity contribution in [1.82, 2.24) is 10.2 Å². The third kappa shape index (κ3) is 5.50. The molecule has 6 nitrogen and oxygen atoms in total. The highest BCUT2D eigenvalue weighted by atomic mass is 32.2. The number of nitrogens with one attached hydrogen (secondary N) is 1. The predicted octanol–water partition coefficient (Wildman–Crippen LogP) is 2.72. The first kappa shape index (κ1) is 18.8. The zero-order valence-corrected chi connectivity index (χ0v) is 15.8. The maximum atomic E-state index is 12.2. The molecular weight excluding hydrogens is 364 g/mol. The molecule has 2 rings (SSSR count). The molecule has 0 unspecified atom stereocenters. The first-order valence-electron chi connectivity index (χ1n) is 7.25. The van der Waals surface area contributed by atoms with E-state index in [1.807, 2.05) is 25.1 Å². The number of carbonyl (C=O) groups excluding carboxylic acids is 2. The fraction of sp³-hybridized carbons (Fsp3) is 0.333. The van der Waals surface area contributed by atoms with Gasteiger partial charge in [-0.05, 0) is 24.5 Å². The molecule has 0 aliphatic rings. The number of carbonyl (C=O) groups is 2. The Morgan fingerprint density at radius 1 is 1.21 bits per heavy atom. The molecule has 0 spiro atoms. The number of benzene rings is 1. The molecule has 3 N–H and O–H groups in total. The molecule has 0 saturated carbocycles. The predicted molar refractivity (Wildman–Crippen MR) is 99.7 cm³/mol. The quantitative estimate of drug-likeness (QED) is 0.681. The van der Waals surface area contributed by atoms with E-state index in [-0.39, 0.29) is 17.4 Å². The number of rotatable bonds is 8. The molecule has 0 bridgehead atoms. The van der Waals surface area contributed by atoms with Crippen LogP contribution in [0.4, 0.5) is 5.69 Å². The van der Waals surface area contributed by atoms with E-state index in [1.54, 1.807) is 0 Å². The van der Waals surface area contributed by atoms with Crippen LogP contribution >= 0.6 is 34.9 Å². The lowest BCUT2D eigenvalue weighted by molar-refractivity contribution is -0.115. The number of hydrogen-bond acceptors (Lipinski definition) is 7. The number of primary amides is 1. The van der Waals surface area contributed by atoms with Crippen LogP contribution in [0.15, 0.2) is 26.9 Å². The second-order valence-electron chi connectivity index (χ2n) is 4.89. The highest BCUT2D eigenvalue weighted by molar-refractivity contribution is 8.03. The minimum atomic E-state index is -0.395. The number of anilines is 1. The second kappa shape index (κ2) is 9.05. The van der Waals surface area contributed by atoms with Gasteiger partial charge in [-0.25, -0.2) is 0 Å². The van der Waals surface area contributed by atoms with E-state index in [9.17, 15) is 9.59 Å². The lowest BCUT2D eigenvalue weighted by Gasteiger charge is -2.12. The lowest BCUT2D eigenvalue weighted by atomic mass is 10.1. The third-order valence-corrected chi connectivity index (χ3v) is 6.27. The second-order valence-corrected chi connectivity index (χ2v) is 8.31. The summed E-state index contributed by atoms with van der Waals surface area (Å²) >= 11 is 3.93. The van der Waals surface area contributed by atoms with Crippen molar-refractivity contribution in [2.24, 2.45) is 5.73 Å². The van der Waals surface area contributed by atoms with Gasteiger partial charge in [-0.2, -0.15) is 0 Å². The monoisotopic (exact) mass is 382 g/mol. The van der Waals surface area contributed by atoms with Crippen molar-refractivity contribution in [3.63, 3.8) is 0 Å². The smallest absolute Gasteiger partial charge is 0.234 e.